The summed E-state index contributed by atoms with van der Waals surface area (Å²) >= 11 is 0. The summed E-state index contributed by atoms with van der Waals surface area (Å²) in [6, 6.07) is 8.83. The number of hydrogen-bond acceptors (Lipinski definition) is 2. The maximum Gasteiger partial charge on any atom is 0.390 e. The highest BCUT2D eigenvalue weighted by atomic mass is 19.4. The Balaban J connectivity index is 2.77. The van der Waals surface area contributed by atoms with Crippen LogP contribution in [0.15, 0.2) is 30.3 Å². The van der Waals surface area contributed by atoms with Crippen LogP contribution in [0.25, 0.3) is 0 Å². The van der Waals surface area contributed by atoms with E-state index in [0.717, 1.165) is 5.56 Å². The third-order valence-electron chi connectivity index (χ3n) is 2.88. The molecule has 0 aliphatic heterocycles. The van der Waals surface area contributed by atoms with E-state index in [0.29, 0.717) is 0 Å². The van der Waals surface area contributed by atoms with Crippen LogP contribution in [0, 0.1) is 5.41 Å². The van der Waals surface area contributed by atoms with Gasteiger partial charge in [-0.3, -0.25) is 10.3 Å². The highest BCUT2D eigenvalue weighted by molar-refractivity contribution is 5.77. The molecule has 0 aromatic heterocycles. The SMILES string of the molecule is CN(CCC(F)(F)F)C(CC(=N)N)c1ccccc1. The van der Waals surface area contributed by atoms with Crippen molar-refractivity contribution in [2.45, 2.75) is 25.1 Å². The third kappa shape index (κ3) is 5.74. The van der Waals surface area contributed by atoms with E-state index in [4.69, 9.17) is 11.1 Å². The Morgan fingerprint density at radius 1 is 1.32 bits per heavy atom. The molecule has 6 heteroatoms. The summed E-state index contributed by atoms with van der Waals surface area (Å²) in [4.78, 5) is 1.59. The highest BCUT2D eigenvalue weighted by Crippen LogP contribution is 2.26. The molecule has 1 atom stereocenters. The predicted molar refractivity (Wildman–Crippen MR) is 69.0 cm³/mol. The lowest BCUT2D eigenvalue weighted by molar-refractivity contribution is -0.138. The first-order valence-corrected chi connectivity index (χ1v) is 5.94. The molecule has 0 spiro atoms. The van der Waals surface area contributed by atoms with Crippen LogP contribution in [0.1, 0.15) is 24.4 Å². The predicted octanol–water partition coefficient (Wildman–Crippen LogP) is 2.94. The fraction of sp³-hybridized carbons (Fsp3) is 0.462. The highest BCUT2D eigenvalue weighted by Gasteiger charge is 2.29. The lowest BCUT2D eigenvalue weighted by Gasteiger charge is -2.28. The fourth-order valence-corrected chi connectivity index (χ4v) is 1.87. The van der Waals surface area contributed by atoms with Crippen molar-refractivity contribution in [1.82, 2.24) is 4.90 Å². The molecular formula is C13H18F3N3. The number of benzene rings is 1. The lowest BCUT2D eigenvalue weighted by atomic mass is 10.0. The van der Waals surface area contributed by atoms with Gasteiger partial charge >= 0.3 is 6.18 Å². The molecular weight excluding hydrogens is 255 g/mol. The maximum absolute atomic E-state index is 12.3. The van der Waals surface area contributed by atoms with Crippen LogP contribution in [-0.4, -0.2) is 30.5 Å². The van der Waals surface area contributed by atoms with Crippen LogP contribution in [-0.2, 0) is 0 Å². The first kappa shape index (κ1) is 15.5. The van der Waals surface area contributed by atoms with Gasteiger partial charge in [0.2, 0.25) is 0 Å². The van der Waals surface area contributed by atoms with Crippen LogP contribution in [0.3, 0.4) is 0 Å². The zero-order chi connectivity index (χ0) is 14.5. The van der Waals surface area contributed by atoms with Crippen LogP contribution in [0.2, 0.25) is 0 Å². The summed E-state index contributed by atoms with van der Waals surface area (Å²) in [7, 11) is 1.62. The molecule has 1 aromatic carbocycles. The van der Waals surface area contributed by atoms with Crippen LogP contribution >= 0.6 is 0 Å². The molecule has 0 saturated heterocycles. The number of nitrogens with zero attached hydrogens (tertiary/aromatic N) is 1. The molecule has 1 aromatic rings. The molecule has 0 radical (unpaired) electrons. The minimum atomic E-state index is -4.17. The van der Waals surface area contributed by atoms with Gasteiger partial charge in [-0.15, -0.1) is 0 Å². The van der Waals surface area contributed by atoms with Crippen molar-refractivity contribution in [2.24, 2.45) is 5.73 Å². The van der Waals surface area contributed by atoms with Crippen LogP contribution in [0.5, 0.6) is 0 Å². The van der Waals surface area contributed by atoms with E-state index < -0.39 is 12.6 Å². The number of halogens is 3. The Hall–Kier alpha value is -1.56. The van der Waals surface area contributed by atoms with Gasteiger partial charge in [0, 0.05) is 19.0 Å². The van der Waals surface area contributed by atoms with Crippen LogP contribution < -0.4 is 5.73 Å². The van der Waals surface area contributed by atoms with E-state index >= 15 is 0 Å². The van der Waals surface area contributed by atoms with E-state index in [-0.39, 0.29) is 24.8 Å². The second-order valence-electron chi connectivity index (χ2n) is 4.50. The second-order valence-corrected chi connectivity index (χ2v) is 4.50. The smallest absolute Gasteiger partial charge is 0.388 e. The third-order valence-corrected chi connectivity index (χ3v) is 2.88. The summed E-state index contributed by atoms with van der Waals surface area (Å²) in [5.41, 5.74) is 6.25. The maximum atomic E-state index is 12.3. The first-order chi connectivity index (χ1) is 8.79. The molecule has 19 heavy (non-hydrogen) atoms. The molecule has 1 rings (SSSR count). The summed E-state index contributed by atoms with van der Waals surface area (Å²) in [5.74, 6) is -0.0345. The average molecular weight is 273 g/mol. The van der Waals surface area contributed by atoms with Crippen molar-refractivity contribution in [1.29, 1.82) is 5.41 Å². The number of amidine groups is 1. The molecule has 0 aliphatic rings. The average Bonchev–Trinajstić information content (AvgIpc) is 2.33. The van der Waals surface area contributed by atoms with Gasteiger partial charge in [-0.05, 0) is 12.6 Å². The number of rotatable bonds is 6. The first-order valence-electron chi connectivity index (χ1n) is 5.94. The van der Waals surface area contributed by atoms with E-state index in [1.807, 2.05) is 30.3 Å². The molecule has 3 N–H and O–H groups in total. The number of nitrogens with one attached hydrogen (secondary N) is 1. The fourth-order valence-electron chi connectivity index (χ4n) is 1.87. The van der Waals surface area contributed by atoms with Crippen LogP contribution in [0.4, 0.5) is 13.2 Å². The van der Waals surface area contributed by atoms with Gasteiger partial charge in [-0.1, -0.05) is 30.3 Å². The minimum absolute atomic E-state index is 0.0345. The minimum Gasteiger partial charge on any atom is -0.388 e. The summed E-state index contributed by atoms with van der Waals surface area (Å²) < 4.78 is 36.8. The molecule has 106 valence electrons. The zero-order valence-corrected chi connectivity index (χ0v) is 10.7. The van der Waals surface area contributed by atoms with Gasteiger partial charge in [-0.2, -0.15) is 13.2 Å². The summed E-state index contributed by atoms with van der Waals surface area (Å²) in [5, 5.41) is 7.35. The number of alkyl halides is 3. The molecule has 0 saturated carbocycles. The van der Waals surface area contributed by atoms with Crippen molar-refractivity contribution < 1.29 is 13.2 Å². The Bertz CT molecular complexity index is 403. The zero-order valence-electron chi connectivity index (χ0n) is 10.7. The van der Waals surface area contributed by atoms with Gasteiger partial charge in [0.05, 0.1) is 12.3 Å². The van der Waals surface area contributed by atoms with Crippen molar-refractivity contribution in [3.05, 3.63) is 35.9 Å². The van der Waals surface area contributed by atoms with Gasteiger partial charge < -0.3 is 5.73 Å². The number of nitrogens with two attached hydrogens (primary N) is 1. The largest absolute Gasteiger partial charge is 0.390 e. The monoisotopic (exact) mass is 273 g/mol. The lowest BCUT2D eigenvalue weighted by Crippen LogP contribution is -2.31. The molecule has 0 amide bonds. The molecule has 1 unspecified atom stereocenters. The standard InChI is InChI=1S/C13H18F3N3/c1-19(8-7-13(14,15)16)11(9-12(17)18)10-5-3-2-4-6-10/h2-6,11H,7-9H2,1H3,(H3,17,18). The van der Waals surface area contributed by atoms with E-state index in [1.165, 1.54) is 0 Å². The normalized spacial score (nSPS) is 13.5. The Labute approximate surface area is 110 Å². The number of hydrogen-bond donors (Lipinski definition) is 2. The van der Waals surface area contributed by atoms with Crippen molar-refractivity contribution in [3.63, 3.8) is 0 Å². The summed E-state index contributed by atoms with van der Waals surface area (Å²) in [6.45, 7) is -0.115. The van der Waals surface area contributed by atoms with E-state index in [9.17, 15) is 13.2 Å². The van der Waals surface area contributed by atoms with Crippen molar-refractivity contribution in [3.8, 4) is 0 Å². The molecule has 3 nitrogen and oxygen atoms in total. The Morgan fingerprint density at radius 2 is 1.89 bits per heavy atom. The van der Waals surface area contributed by atoms with E-state index in [1.54, 1.807) is 11.9 Å². The molecule has 0 heterocycles. The Kier molecular flexibility index (Phi) is 5.35. The van der Waals surface area contributed by atoms with Gasteiger partial charge in [0.1, 0.15) is 0 Å². The molecule has 0 aliphatic carbocycles. The Morgan fingerprint density at radius 3 is 2.37 bits per heavy atom. The molecule has 0 fully saturated rings. The van der Waals surface area contributed by atoms with Gasteiger partial charge in [0.25, 0.3) is 0 Å². The van der Waals surface area contributed by atoms with Gasteiger partial charge in [0.15, 0.2) is 0 Å². The van der Waals surface area contributed by atoms with Gasteiger partial charge in [-0.25, -0.2) is 0 Å². The quantitative estimate of drug-likeness (QED) is 0.618. The summed E-state index contributed by atoms with van der Waals surface area (Å²) in [6.07, 6.45) is -4.82. The van der Waals surface area contributed by atoms with Crippen molar-refractivity contribution in [2.75, 3.05) is 13.6 Å². The van der Waals surface area contributed by atoms with E-state index in [2.05, 4.69) is 0 Å². The second kappa shape index (κ2) is 6.56. The molecule has 0 bridgehead atoms. The van der Waals surface area contributed by atoms with Crippen molar-refractivity contribution >= 4 is 5.84 Å². The topological polar surface area (TPSA) is 53.1 Å².